The minimum Gasteiger partial charge on any atom is -0.489 e. The van der Waals surface area contributed by atoms with Crippen molar-refractivity contribution in [3.8, 4) is 5.75 Å². The monoisotopic (exact) mass is 394 g/mol. The van der Waals surface area contributed by atoms with E-state index < -0.39 is 0 Å². The Labute approximate surface area is 162 Å². The van der Waals surface area contributed by atoms with Gasteiger partial charge in [0.2, 0.25) is 11.2 Å². The molecule has 2 aromatic rings. The second-order valence-electron chi connectivity index (χ2n) is 6.28. The third-order valence-electron chi connectivity index (χ3n) is 4.24. The highest BCUT2D eigenvalue weighted by atomic mass is 35.5. The number of carbonyl (C=O) groups is 1. The number of amides is 1. The topological polar surface area (TPSA) is 67.3 Å². The number of benzene rings is 1. The molecule has 1 N–H and O–H groups in total. The molecular weight excluding hydrogens is 375 g/mol. The van der Waals surface area contributed by atoms with E-state index in [1.54, 1.807) is 0 Å². The summed E-state index contributed by atoms with van der Waals surface area (Å²) < 4.78 is 6.06. The Morgan fingerprint density at radius 1 is 1.35 bits per heavy atom. The van der Waals surface area contributed by atoms with E-state index in [2.05, 4.69) is 15.3 Å². The normalized spacial score (nSPS) is 17.8. The molecule has 26 heavy (non-hydrogen) atoms. The Balaban J connectivity index is 1.60. The van der Waals surface area contributed by atoms with Crippen LogP contribution in [0, 0.1) is 0 Å². The van der Waals surface area contributed by atoms with Crippen LogP contribution in [0.4, 0.5) is 5.82 Å². The number of nitrogens with zero attached hydrogens (tertiary/aromatic N) is 3. The van der Waals surface area contributed by atoms with Crippen LogP contribution >= 0.6 is 23.2 Å². The lowest BCUT2D eigenvalue weighted by Crippen LogP contribution is -2.25. The van der Waals surface area contributed by atoms with Crippen LogP contribution in [0.2, 0.25) is 10.3 Å². The van der Waals surface area contributed by atoms with Gasteiger partial charge >= 0.3 is 0 Å². The molecule has 1 fully saturated rings. The number of anilines is 1. The zero-order valence-electron chi connectivity index (χ0n) is 14.6. The summed E-state index contributed by atoms with van der Waals surface area (Å²) in [6, 6.07) is 7.73. The molecule has 1 amide bonds. The standard InChI is InChI=1S/C18H20Cl2N4O2/c1-11(22-12(2)25)13-3-5-14(6-4-13)26-15-7-8-24(10-15)17-16(19)9-21-18(20)23-17/h3-6,9,11,15H,7-8,10H2,1-2H3,(H,22,25)/t11-,15+/m0/s1. The van der Waals surface area contributed by atoms with Gasteiger partial charge in [0.25, 0.3) is 0 Å². The zero-order chi connectivity index (χ0) is 18.7. The molecule has 0 radical (unpaired) electrons. The van der Waals surface area contributed by atoms with Crippen molar-refractivity contribution < 1.29 is 9.53 Å². The van der Waals surface area contributed by atoms with Crippen molar-refractivity contribution >= 4 is 34.9 Å². The second kappa shape index (κ2) is 8.10. The summed E-state index contributed by atoms with van der Waals surface area (Å²) in [5.74, 6) is 1.38. The van der Waals surface area contributed by atoms with E-state index in [1.807, 2.05) is 36.1 Å². The average molecular weight is 395 g/mol. The zero-order valence-corrected chi connectivity index (χ0v) is 16.1. The van der Waals surface area contributed by atoms with Gasteiger partial charge in [-0.05, 0) is 36.2 Å². The second-order valence-corrected chi connectivity index (χ2v) is 7.02. The van der Waals surface area contributed by atoms with E-state index in [9.17, 15) is 4.79 Å². The minimum absolute atomic E-state index is 0.0341. The summed E-state index contributed by atoms with van der Waals surface area (Å²) in [4.78, 5) is 21.3. The Morgan fingerprint density at radius 2 is 2.08 bits per heavy atom. The first-order chi connectivity index (χ1) is 12.4. The largest absolute Gasteiger partial charge is 0.489 e. The van der Waals surface area contributed by atoms with E-state index >= 15 is 0 Å². The molecule has 1 aromatic carbocycles. The first-order valence-electron chi connectivity index (χ1n) is 8.39. The van der Waals surface area contributed by atoms with Crippen LogP contribution in [-0.2, 0) is 4.79 Å². The summed E-state index contributed by atoms with van der Waals surface area (Å²) in [5.41, 5.74) is 1.03. The van der Waals surface area contributed by atoms with Crippen LogP contribution in [0.1, 0.15) is 31.9 Å². The van der Waals surface area contributed by atoms with Crippen LogP contribution in [0.15, 0.2) is 30.5 Å². The van der Waals surface area contributed by atoms with Gasteiger partial charge in [-0.3, -0.25) is 4.79 Å². The fourth-order valence-corrected chi connectivity index (χ4v) is 3.33. The highest BCUT2D eigenvalue weighted by Crippen LogP contribution is 2.28. The first kappa shape index (κ1) is 18.7. The SMILES string of the molecule is CC(=O)N[C@@H](C)c1ccc(O[C@@H]2CCN(c3nc(Cl)ncc3Cl)C2)cc1. The first-order valence-corrected chi connectivity index (χ1v) is 9.14. The Kier molecular flexibility index (Phi) is 5.84. The predicted octanol–water partition coefficient (Wildman–Crippen LogP) is 3.64. The van der Waals surface area contributed by atoms with Gasteiger partial charge in [-0.2, -0.15) is 4.98 Å². The lowest BCUT2D eigenvalue weighted by molar-refractivity contribution is -0.119. The molecule has 8 heteroatoms. The molecule has 6 nitrogen and oxygen atoms in total. The number of aromatic nitrogens is 2. The molecule has 0 unspecified atom stereocenters. The minimum atomic E-state index is -0.0487. The number of nitrogens with one attached hydrogen (secondary N) is 1. The third kappa shape index (κ3) is 4.56. The van der Waals surface area contributed by atoms with E-state index in [-0.39, 0.29) is 23.3 Å². The summed E-state index contributed by atoms with van der Waals surface area (Å²) in [5, 5.41) is 3.52. The summed E-state index contributed by atoms with van der Waals surface area (Å²) in [7, 11) is 0. The number of rotatable bonds is 5. The van der Waals surface area contributed by atoms with Crippen molar-refractivity contribution in [3.05, 3.63) is 46.3 Å². The molecule has 3 rings (SSSR count). The Hall–Kier alpha value is -2.05. The van der Waals surface area contributed by atoms with Crippen LogP contribution in [0.5, 0.6) is 5.75 Å². The van der Waals surface area contributed by atoms with Gasteiger partial charge in [-0.15, -0.1) is 0 Å². The molecule has 2 atom stereocenters. The van der Waals surface area contributed by atoms with Gasteiger partial charge in [0.1, 0.15) is 16.9 Å². The van der Waals surface area contributed by atoms with Crippen LogP contribution < -0.4 is 15.0 Å². The van der Waals surface area contributed by atoms with Crippen molar-refractivity contribution in [1.82, 2.24) is 15.3 Å². The highest BCUT2D eigenvalue weighted by molar-refractivity contribution is 6.33. The molecule has 1 aliphatic rings. The molecule has 0 saturated carbocycles. The number of halogens is 2. The molecular formula is C18H20Cl2N4O2. The molecule has 1 aliphatic heterocycles. The molecule has 138 valence electrons. The smallest absolute Gasteiger partial charge is 0.224 e. The van der Waals surface area contributed by atoms with Crippen molar-refractivity contribution in [1.29, 1.82) is 0 Å². The number of hydrogen-bond acceptors (Lipinski definition) is 5. The van der Waals surface area contributed by atoms with E-state index in [0.717, 1.165) is 24.3 Å². The van der Waals surface area contributed by atoms with Crippen molar-refractivity contribution in [2.75, 3.05) is 18.0 Å². The highest BCUT2D eigenvalue weighted by Gasteiger charge is 2.27. The number of hydrogen-bond donors (Lipinski definition) is 1. The lowest BCUT2D eigenvalue weighted by atomic mass is 10.1. The third-order valence-corrected chi connectivity index (χ3v) is 4.69. The lowest BCUT2D eigenvalue weighted by Gasteiger charge is -2.19. The van der Waals surface area contributed by atoms with Crippen LogP contribution in [0.25, 0.3) is 0 Å². The van der Waals surface area contributed by atoms with E-state index in [0.29, 0.717) is 17.4 Å². The van der Waals surface area contributed by atoms with Gasteiger partial charge in [0.15, 0.2) is 5.82 Å². The fraction of sp³-hybridized carbons (Fsp3) is 0.389. The molecule has 1 aromatic heterocycles. The molecule has 0 aliphatic carbocycles. The quantitative estimate of drug-likeness (QED) is 0.783. The van der Waals surface area contributed by atoms with Crippen molar-refractivity contribution in [2.24, 2.45) is 0 Å². The Bertz CT molecular complexity index is 785. The Morgan fingerprint density at radius 3 is 2.77 bits per heavy atom. The van der Waals surface area contributed by atoms with E-state index in [4.69, 9.17) is 27.9 Å². The molecule has 2 heterocycles. The van der Waals surface area contributed by atoms with Crippen LogP contribution in [-0.4, -0.2) is 35.1 Å². The maximum atomic E-state index is 11.2. The van der Waals surface area contributed by atoms with Gasteiger partial charge < -0.3 is 15.0 Å². The number of ether oxygens (including phenoxy) is 1. The van der Waals surface area contributed by atoms with Crippen molar-refractivity contribution in [3.63, 3.8) is 0 Å². The van der Waals surface area contributed by atoms with Crippen LogP contribution in [0.3, 0.4) is 0 Å². The van der Waals surface area contributed by atoms with E-state index in [1.165, 1.54) is 13.1 Å². The van der Waals surface area contributed by atoms with Gasteiger partial charge in [0, 0.05) is 19.9 Å². The predicted molar refractivity (Wildman–Crippen MR) is 102 cm³/mol. The van der Waals surface area contributed by atoms with Crippen molar-refractivity contribution in [2.45, 2.75) is 32.4 Å². The fourth-order valence-electron chi connectivity index (χ4n) is 2.99. The summed E-state index contributed by atoms with van der Waals surface area (Å²) >= 11 is 12.0. The van der Waals surface area contributed by atoms with Gasteiger partial charge in [-0.25, -0.2) is 4.98 Å². The number of carbonyl (C=O) groups excluding carboxylic acids is 1. The molecule has 1 saturated heterocycles. The average Bonchev–Trinajstić information content (AvgIpc) is 3.05. The maximum Gasteiger partial charge on any atom is 0.224 e. The molecule has 0 bridgehead atoms. The molecule has 0 spiro atoms. The summed E-state index contributed by atoms with van der Waals surface area (Å²) in [6.45, 7) is 4.92. The maximum absolute atomic E-state index is 11.2. The summed E-state index contributed by atoms with van der Waals surface area (Å²) in [6.07, 6.45) is 2.41. The van der Waals surface area contributed by atoms with Gasteiger partial charge in [-0.1, -0.05) is 23.7 Å². The van der Waals surface area contributed by atoms with Gasteiger partial charge in [0.05, 0.1) is 18.8 Å².